The average molecular weight is 265 g/mol. The summed E-state index contributed by atoms with van der Waals surface area (Å²) in [5.41, 5.74) is 5.98. The van der Waals surface area contributed by atoms with Crippen LogP contribution in [-0.2, 0) is 9.59 Å². The molecule has 0 radical (unpaired) electrons. The highest BCUT2D eigenvalue weighted by Gasteiger charge is 2.20. The summed E-state index contributed by atoms with van der Waals surface area (Å²) in [4.78, 5) is 22.7. The number of carboxylic acids is 1. The van der Waals surface area contributed by atoms with Crippen molar-refractivity contribution in [3.63, 3.8) is 0 Å². The van der Waals surface area contributed by atoms with Crippen LogP contribution in [0.3, 0.4) is 0 Å². The van der Waals surface area contributed by atoms with Crippen molar-refractivity contribution in [1.29, 1.82) is 0 Å². The van der Waals surface area contributed by atoms with Crippen LogP contribution < -0.4 is 16.4 Å². The van der Waals surface area contributed by atoms with E-state index in [0.29, 0.717) is 25.2 Å². The van der Waals surface area contributed by atoms with Gasteiger partial charge in [-0.1, -0.05) is 18.2 Å². The number of amides is 1. The van der Waals surface area contributed by atoms with Crippen LogP contribution in [-0.4, -0.2) is 36.1 Å². The lowest BCUT2D eigenvalue weighted by Gasteiger charge is -2.14. The van der Waals surface area contributed by atoms with E-state index in [4.69, 9.17) is 10.8 Å². The number of carboxylic acid groups (broad SMARTS) is 1. The molecular formula is C13H19N3O3. The van der Waals surface area contributed by atoms with E-state index < -0.39 is 12.0 Å². The molecule has 1 amide bonds. The summed E-state index contributed by atoms with van der Waals surface area (Å²) in [7, 11) is 0. The molecule has 1 rings (SSSR count). The smallest absolute Gasteiger partial charge is 0.321 e. The maximum Gasteiger partial charge on any atom is 0.321 e. The summed E-state index contributed by atoms with van der Waals surface area (Å²) in [5.74, 6) is -1.38. The van der Waals surface area contributed by atoms with Gasteiger partial charge >= 0.3 is 5.97 Å². The van der Waals surface area contributed by atoms with E-state index >= 15 is 0 Å². The lowest BCUT2D eigenvalue weighted by atomic mass is 10.2. The van der Waals surface area contributed by atoms with Crippen LogP contribution in [0.25, 0.3) is 0 Å². The SMILES string of the molecule is NCCCN[C@@H](CC(=O)Nc1ccccc1)C(=O)O. The molecule has 104 valence electrons. The van der Waals surface area contributed by atoms with Crippen molar-refractivity contribution in [2.24, 2.45) is 5.73 Å². The van der Waals surface area contributed by atoms with E-state index in [1.807, 2.05) is 6.07 Å². The Bertz CT molecular complexity index is 409. The number of aliphatic carboxylic acids is 1. The van der Waals surface area contributed by atoms with Crippen molar-refractivity contribution in [3.8, 4) is 0 Å². The number of hydrogen-bond acceptors (Lipinski definition) is 4. The third-order valence-electron chi connectivity index (χ3n) is 2.52. The second-order valence-electron chi connectivity index (χ2n) is 4.11. The van der Waals surface area contributed by atoms with Crippen molar-refractivity contribution in [2.45, 2.75) is 18.9 Å². The molecule has 0 spiro atoms. The van der Waals surface area contributed by atoms with Gasteiger partial charge in [0.15, 0.2) is 0 Å². The fourth-order valence-electron chi connectivity index (χ4n) is 1.54. The molecule has 5 N–H and O–H groups in total. The Morgan fingerprint density at radius 2 is 1.95 bits per heavy atom. The van der Waals surface area contributed by atoms with E-state index in [1.165, 1.54) is 0 Å². The molecule has 0 saturated carbocycles. The zero-order chi connectivity index (χ0) is 14.1. The van der Waals surface area contributed by atoms with Crippen LogP contribution in [0.15, 0.2) is 30.3 Å². The van der Waals surface area contributed by atoms with E-state index in [1.54, 1.807) is 24.3 Å². The third-order valence-corrected chi connectivity index (χ3v) is 2.52. The number of benzene rings is 1. The molecular weight excluding hydrogens is 246 g/mol. The maximum absolute atomic E-state index is 11.7. The second-order valence-corrected chi connectivity index (χ2v) is 4.11. The van der Waals surface area contributed by atoms with Gasteiger partial charge in [0.25, 0.3) is 0 Å². The molecule has 1 atom stereocenters. The molecule has 0 fully saturated rings. The molecule has 0 aromatic heterocycles. The van der Waals surface area contributed by atoms with E-state index in [2.05, 4.69) is 10.6 Å². The molecule has 0 heterocycles. The molecule has 6 heteroatoms. The number of carbonyl (C=O) groups excluding carboxylic acids is 1. The summed E-state index contributed by atoms with van der Waals surface area (Å²) in [6.07, 6.45) is 0.554. The Morgan fingerprint density at radius 1 is 1.26 bits per heavy atom. The number of nitrogens with two attached hydrogens (primary N) is 1. The van der Waals surface area contributed by atoms with Gasteiger partial charge in [-0.3, -0.25) is 9.59 Å². The minimum absolute atomic E-state index is 0.116. The van der Waals surface area contributed by atoms with Gasteiger partial charge in [0.1, 0.15) is 6.04 Å². The number of hydrogen-bond donors (Lipinski definition) is 4. The molecule has 0 aliphatic rings. The quantitative estimate of drug-likeness (QED) is 0.509. The maximum atomic E-state index is 11.7. The fourth-order valence-corrected chi connectivity index (χ4v) is 1.54. The Kier molecular flexibility index (Phi) is 6.56. The van der Waals surface area contributed by atoms with E-state index in [-0.39, 0.29) is 12.3 Å². The standard InChI is InChI=1S/C13H19N3O3/c14-7-4-8-15-11(13(18)19)9-12(17)16-10-5-2-1-3-6-10/h1-3,5-6,11,15H,4,7-9,14H2,(H,16,17)(H,18,19)/t11-/m0/s1. The van der Waals surface area contributed by atoms with Gasteiger partial charge in [0.05, 0.1) is 6.42 Å². The van der Waals surface area contributed by atoms with E-state index in [0.717, 1.165) is 0 Å². The summed E-state index contributed by atoms with van der Waals surface area (Å²) in [6, 6.07) is 8.03. The Hall–Kier alpha value is -1.92. The van der Waals surface area contributed by atoms with Gasteiger partial charge in [-0.15, -0.1) is 0 Å². The first-order valence-electron chi connectivity index (χ1n) is 6.14. The minimum atomic E-state index is -1.04. The fraction of sp³-hybridized carbons (Fsp3) is 0.385. The lowest BCUT2D eigenvalue weighted by Crippen LogP contribution is -2.40. The average Bonchev–Trinajstić information content (AvgIpc) is 2.38. The van der Waals surface area contributed by atoms with E-state index in [9.17, 15) is 9.59 Å². The highest BCUT2D eigenvalue weighted by atomic mass is 16.4. The summed E-state index contributed by atoms with van der Waals surface area (Å²) in [5, 5.41) is 14.5. The predicted octanol–water partition coefficient (Wildman–Crippen LogP) is 0.407. The number of carbonyl (C=O) groups is 2. The van der Waals surface area contributed by atoms with Crippen LogP contribution >= 0.6 is 0 Å². The predicted molar refractivity (Wildman–Crippen MR) is 72.8 cm³/mol. The van der Waals surface area contributed by atoms with Crippen LogP contribution in [0.5, 0.6) is 0 Å². The van der Waals surface area contributed by atoms with Gasteiger partial charge in [-0.05, 0) is 31.6 Å². The van der Waals surface area contributed by atoms with Crippen molar-refractivity contribution in [3.05, 3.63) is 30.3 Å². The van der Waals surface area contributed by atoms with Gasteiger partial charge < -0.3 is 21.5 Å². The third kappa shape index (κ3) is 5.98. The topological polar surface area (TPSA) is 104 Å². The molecule has 0 bridgehead atoms. The van der Waals surface area contributed by atoms with Crippen molar-refractivity contribution in [1.82, 2.24) is 5.32 Å². The highest BCUT2D eigenvalue weighted by Crippen LogP contribution is 2.06. The zero-order valence-electron chi connectivity index (χ0n) is 10.6. The van der Waals surface area contributed by atoms with Gasteiger partial charge in [0, 0.05) is 5.69 Å². The normalized spacial score (nSPS) is 11.8. The largest absolute Gasteiger partial charge is 0.480 e. The van der Waals surface area contributed by atoms with Crippen LogP contribution in [0.4, 0.5) is 5.69 Å². The number of anilines is 1. The molecule has 0 saturated heterocycles. The molecule has 1 aromatic carbocycles. The molecule has 19 heavy (non-hydrogen) atoms. The van der Waals surface area contributed by atoms with Gasteiger partial charge in [-0.25, -0.2) is 0 Å². The molecule has 0 aliphatic heterocycles. The number of para-hydroxylation sites is 1. The molecule has 0 aliphatic carbocycles. The van der Waals surface area contributed by atoms with Crippen molar-refractivity contribution < 1.29 is 14.7 Å². The van der Waals surface area contributed by atoms with Gasteiger partial charge in [-0.2, -0.15) is 0 Å². The zero-order valence-corrected chi connectivity index (χ0v) is 10.6. The molecule has 1 aromatic rings. The second kappa shape index (κ2) is 8.23. The molecule has 0 unspecified atom stereocenters. The lowest BCUT2D eigenvalue weighted by molar-refractivity contribution is -0.141. The Balaban J connectivity index is 2.45. The van der Waals surface area contributed by atoms with Crippen LogP contribution in [0.2, 0.25) is 0 Å². The van der Waals surface area contributed by atoms with Crippen molar-refractivity contribution >= 4 is 17.6 Å². The summed E-state index contributed by atoms with van der Waals surface area (Å²) in [6.45, 7) is 0.960. The van der Waals surface area contributed by atoms with Gasteiger partial charge in [0.2, 0.25) is 5.91 Å². The highest BCUT2D eigenvalue weighted by molar-refractivity contribution is 5.93. The first kappa shape index (κ1) is 15.1. The Morgan fingerprint density at radius 3 is 2.53 bits per heavy atom. The number of rotatable bonds is 8. The molecule has 6 nitrogen and oxygen atoms in total. The Labute approximate surface area is 112 Å². The number of nitrogens with one attached hydrogen (secondary N) is 2. The van der Waals surface area contributed by atoms with Crippen LogP contribution in [0, 0.1) is 0 Å². The van der Waals surface area contributed by atoms with Crippen LogP contribution in [0.1, 0.15) is 12.8 Å². The van der Waals surface area contributed by atoms with Crippen molar-refractivity contribution in [2.75, 3.05) is 18.4 Å². The first-order valence-corrected chi connectivity index (χ1v) is 6.14. The summed E-state index contributed by atoms with van der Waals surface area (Å²) < 4.78 is 0. The minimum Gasteiger partial charge on any atom is -0.480 e. The summed E-state index contributed by atoms with van der Waals surface area (Å²) >= 11 is 0. The first-order chi connectivity index (χ1) is 9.13. The monoisotopic (exact) mass is 265 g/mol.